The van der Waals surface area contributed by atoms with Crippen LogP contribution in [0.5, 0.6) is 0 Å². The first-order valence-corrected chi connectivity index (χ1v) is 7.75. The van der Waals surface area contributed by atoms with Crippen LogP contribution in [0.25, 0.3) is 0 Å². The van der Waals surface area contributed by atoms with Crippen LogP contribution in [0.1, 0.15) is 6.42 Å². The summed E-state index contributed by atoms with van der Waals surface area (Å²) < 4.78 is 26.1. The van der Waals surface area contributed by atoms with E-state index < -0.39 is 10.0 Å². The zero-order valence-electron chi connectivity index (χ0n) is 10.5. The van der Waals surface area contributed by atoms with Crippen molar-refractivity contribution in [2.75, 3.05) is 32.1 Å². The molecule has 1 aliphatic heterocycles. The third-order valence-corrected chi connectivity index (χ3v) is 5.32. The van der Waals surface area contributed by atoms with Gasteiger partial charge in [-0.15, -0.1) is 0 Å². The highest BCUT2D eigenvalue weighted by Gasteiger charge is 2.32. The van der Waals surface area contributed by atoms with Gasteiger partial charge in [0.25, 0.3) is 0 Å². The van der Waals surface area contributed by atoms with Crippen LogP contribution in [0.2, 0.25) is 5.02 Å². The molecule has 0 spiro atoms. The second-order valence-electron chi connectivity index (χ2n) is 4.45. The standard InChI is InChI=1S/C11H16ClN3O3S/c1-13-11-10(12)4-9(5-14-11)19(17,18)15-3-2-8(6-15)7-16/h4-5,8,16H,2-3,6-7H2,1H3,(H,13,14). The minimum Gasteiger partial charge on any atom is -0.396 e. The van der Waals surface area contributed by atoms with Crippen molar-refractivity contribution < 1.29 is 13.5 Å². The van der Waals surface area contributed by atoms with Crippen LogP contribution < -0.4 is 5.32 Å². The molecule has 0 saturated carbocycles. The summed E-state index contributed by atoms with van der Waals surface area (Å²) in [5, 5.41) is 12.1. The molecule has 1 atom stereocenters. The minimum absolute atomic E-state index is 0.00369. The third kappa shape index (κ3) is 2.84. The van der Waals surface area contributed by atoms with Gasteiger partial charge in [0.2, 0.25) is 10.0 Å². The summed E-state index contributed by atoms with van der Waals surface area (Å²) in [7, 11) is -1.92. The second-order valence-corrected chi connectivity index (χ2v) is 6.80. The van der Waals surface area contributed by atoms with Gasteiger partial charge in [0.05, 0.1) is 5.02 Å². The molecule has 2 rings (SSSR count). The number of hydrogen-bond donors (Lipinski definition) is 2. The SMILES string of the molecule is CNc1ncc(S(=O)(=O)N2CCC(CO)C2)cc1Cl. The number of rotatable bonds is 4. The first kappa shape index (κ1) is 14.5. The Morgan fingerprint density at radius 1 is 1.63 bits per heavy atom. The number of aliphatic hydroxyl groups is 1. The van der Waals surface area contributed by atoms with E-state index in [1.165, 1.54) is 16.6 Å². The van der Waals surface area contributed by atoms with E-state index in [0.29, 0.717) is 25.3 Å². The fourth-order valence-electron chi connectivity index (χ4n) is 2.06. The maximum absolute atomic E-state index is 12.4. The second kappa shape index (κ2) is 5.62. The Labute approximate surface area is 117 Å². The quantitative estimate of drug-likeness (QED) is 0.859. The Morgan fingerprint density at radius 3 is 2.89 bits per heavy atom. The molecule has 1 aromatic rings. The van der Waals surface area contributed by atoms with E-state index in [1.807, 2.05) is 0 Å². The average molecular weight is 306 g/mol. The monoisotopic (exact) mass is 305 g/mol. The Morgan fingerprint density at radius 2 is 2.37 bits per heavy atom. The van der Waals surface area contributed by atoms with Crippen molar-refractivity contribution in [2.45, 2.75) is 11.3 Å². The number of halogens is 1. The van der Waals surface area contributed by atoms with Gasteiger partial charge in [0.1, 0.15) is 10.7 Å². The maximum atomic E-state index is 12.4. The Kier molecular flexibility index (Phi) is 4.29. The van der Waals surface area contributed by atoms with Gasteiger partial charge in [-0.25, -0.2) is 13.4 Å². The molecule has 6 nitrogen and oxygen atoms in total. The van der Waals surface area contributed by atoms with E-state index >= 15 is 0 Å². The predicted molar refractivity (Wildman–Crippen MR) is 72.7 cm³/mol. The minimum atomic E-state index is -3.58. The molecule has 1 aromatic heterocycles. The Hall–Kier alpha value is -0.890. The van der Waals surface area contributed by atoms with Crippen molar-refractivity contribution in [3.8, 4) is 0 Å². The molecule has 8 heteroatoms. The van der Waals surface area contributed by atoms with Crippen LogP contribution in [-0.4, -0.2) is 49.6 Å². The first-order valence-electron chi connectivity index (χ1n) is 5.93. The van der Waals surface area contributed by atoms with Gasteiger partial charge in [-0.2, -0.15) is 4.31 Å². The molecule has 1 aliphatic rings. The van der Waals surface area contributed by atoms with Gasteiger partial charge < -0.3 is 10.4 Å². The topological polar surface area (TPSA) is 82.5 Å². The summed E-state index contributed by atoms with van der Waals surface area (Å²) in [6.07, 6.45) is 1.96. The highest BCUT2D eigenvalue weighted by Crippen LogP contribution is 2.27. The molecule has 1 fully saturated rings. The largest absolute Gasteiger partial charge is 0.396 e. The van der Waals surface area contributed by atoms with Gasteiger partial charge in [0.15, 0.2) is 0 Å². The lowest BCUT2D eigenvalue weighted by atomic mass is 10.1. The molecular formula is C11H16ClN3O3S. The molecule has 0 radical (unpaired) electrons. The van der Waals surface area contributed by atoms with Crippen LogP contribution in [0.3, 0.4) is 0 Å². The zero-order chi connectivity index (χ0) is 14.0. The molecule has 2 heterocycles. The van der Waals surface area contributed by atoms with E-state index in [0.717, 1.165) is 0 Å². The van der Waals surface area contributed by atoms with E-state index in [1.54, 1.807) is 7.05 Å². The van der Waals surface area contributed by atoms with Crippen molar-refractivity contribution in [1.82, 2.24) is 9.29 Å². The molecular weight excluding hydrogens is 290 g/mol. The lowest BCUT2D eigenvalue weighted by Gasteiger charge is -2.16. The van der Waals surface area contributed by atoms with Crippen LogP contribution >= 0.6 is 11.6 Å². The van der Waals surface area contributed by atoms with Crippen molar-refractivity contribution in [2.24, 2.45) is 5.92 Å². The van der Waals surface area contributed by atoms with Gasteiger partial charge in [-0.3, -0.25) is 0 Å². The van der Waals surface area contributed by atoms with Crippen molar-refractivity contribution in [1.29, 1.82) is 0 Å². The number of hydrogen-bond acceptors (Lipinski definition) is 5. The van der Waals surface area contributed by atoms with Crippen LogP contribution in [-0.2, 0) is 10.0 Å². The van der Waals surface area contributed by atoms with Crippen LogP contribution in [0.4, 0.5) is 5.82 Å². The van der Waals surface area contributed by atoms with Crippen molar-refractivity contribution in [3.63, 3.8) is 0 Å². The number of sulfonamides is 1. The summed E-state index contributed by atoms with van der Waals surface area (Å²) in [5.74, 6) is 0.449. The van der Waals surface area contributed by atoms with Crippen molar-refractivity contribution >= 4 is 27.4 Å². The molecule has 19 heavy (non-hydrogen) atoms. The smallest absolute Gasteiger partial charge is 0.244 e. The summed E-state index contributed by atoms with van der Waals surface area (Å²) in [5.41, 5.74) is 0. The van der Waals surface area contributed by atoms with E-state index in [4.69, 9.17) is 16.7 Å². The van der Waals surface area contributed by atoms with Gasteiger partial charge >= 0.3 is 0 Å². The fraction of sp³-hybridized carbons (Fsp3) is 0.545. The number of pyridine rings is 1. The number of nitrogens with one attached hydrogen (secondary N) is 1. The lowest BCUT2D eigenvalue weighted by Crippen LogP contribution is -2.29. The molecule has 0 aliphatic carbocycles. The summed E-state index contributed by atoms with van der Waals surface area (Å²) in [6, 6.07) is 1.39. The highest BCUT2D eigenvalue weighted by molar-refractivity contribution is 7.89. The normalized spacial score (nSPS) is 20.7. The van der Waals surface area contributed by atoms with Gasteiger partial charge in [0, 0.05) is 32.9 Å². The molecule has 0 amide bonds. The third-order valence-electron chi connectivity index (χ3n) is 3.20. The molecule has 2 N–H and O–H groups in total. The Bertz CT molecular complexity index is 564. The predicted octanol–water partition coefficient (Wildman–Crippen LogP) is 0.780. The van der Waals surface area contributed by atoms with E-state index in [2.05, 4.69) is 10.3 Å². The van der Waals surface area contributed by atoms with Crippen LogP contribution in [0.15, 0.2) is 17.2 Å². The number of aliphatic hydroxyl groups excluding tert-OH is 1. The number of nitrogens with zero attached hydrogens (tertiary/aromatic N) is 2. The molecule has 1 unspecified atom stereocenters. The van der Waals surface area contributed by atoms with E-state index in [-0.39, 0.29) is 22.4 Å². The van der Waals surface area contributed by atoms with Gasteiger partial charge in [-0.1, -0.05) is 11.6 Å². The fourth-order valence-corrected chi connectivity index (χ4v) is 3.89. The number of aromatic nitrogens is 1. The van der Waals surface area contributed by atoms with Crippen LogP contribution in [0, 0.1) is 5.92 Å². The van der Waals surface area contributed by atoms with Gasteiger partial charge in [-0.05, 0) is 18.4 Å². The molecule has 1 saturated heterocycles. The molecule has 0 aromatic carbocycles. The molecule has 106 valence electrons. The van der Waals surface area contributed by atoms with E-state index in [9.17, 15) is 8.42 Å². The first-order chi connectivity index (χ1) is 8.98. The Balaban J connectivity index is 2.27. The summed E-state index contributed by atoms with van der Waals surface area (Å²) >= 11 is 5.95. The number of anilines is 1. The maximum Gasteiger partial charge on any atom is 0.244 e. The zero-order valence-corrected chi connectivity index (χ0v) is 12.1. The van der Waals surface area contributed by atoms with Crippen molar-refractivity contribution in [3.05, 3.63) is 17.3 Å². The lowest BCUT2D eigenvalue weighted by molar-refractivity contribution is 0.233. The summed E-state index contributed by atoms with van der Waals surface area (Å²) in [6.45, 7) is 0.757. The average Bonchev–Trinajstić information content (AvgIpc) is 2.88. The molecule has 0 bridgehead atoms. The summed E-state index contributed by atoms with van der Waals surface area (Å²) in [4.78, 5) is 4.05. The highest BCUT2D eigenvalue weighted by atomic mass is 35.5.